The van der Waals surface area contributed by atoms with Crippen LogP contribution in [0.4, 0.5) is 4.39 Å². The molecule has 1 aromatic rings. The fourth-order valence-corrected chi connectivity index (χ4v) is 1.55. The summed E-state index contributed by atoms with van der Waals surface area (Å²) in [6.45, 7) is 0.697. The smallest absolute Gasteiger partial charge is 0.255 e. The van der Waals surface area contributed by atoms with Crippen molar-refractivity contribution >= 4 is 5.91 Å². The van der Waals surface area contributed by atoms with Gasteiger partial charge in [-0.2, -0.15) is 0 Å². The predicted molar refractivity (Wildman–Crippen MR) is 64.9 cm³/mol. The highest BCUT2D eigenvalue weighted by Gasteiger charge is 2.16. The normalized spacial score (nSPS) is 12.2. The van der Waals surface area contributed by atoms with E-state index >= 15 is 0 Å². The van der Waals surface area contributed by atoms with Gasteiger partial charge < -0.3 is 20.9 Å². The second-order valence-electron chi connectivity index (χ2n) is 3.86. The number of phenolic OH excluding ortho intramolecular Hbond substituents is 1. The SMILES string of the molecule is COCC(CCN)NC(=O)c1cc(F)ccc1O. The summed E-state index contributed by atoms with van der Waals surface area (Å²) in [5.74, 6) is -1.40. The molecule has 18 heavy (non-hydrogen) atoms. The van der Waals surface area contributed by atoms with Crippen molar-refractivity contribution in [1.29, 1.82) is 0 Å². The fourth-order valence-electron chi connectivity index (χ4n) is 1.55. The van der Waals surface area contributed by atoms with Crippen LogP contribution >= 0.6 is 0 Å². The predicted octanol–water partition coefficient (Wildman–Crippen LogP) is 0.625. The van der Waals surface area contributed by atoms with Gasteiger partial charge in [0.2, 0.25) is 0 Å². The topological polar surface area (TPSA) is 84.6 Å². The zero-order chi connectivity index (χ0) is 13.5. The molecule has 0 aliphatic rings. The average Bonchev–Trinajstić information content (AvgIpc) is 2.33. The van der Waals surface area contributed by atoms with E-state index in [-0.39, 0.29) is 17.4 Å². The van der Waals surface area contributed by atoms with Gasteiger partial charge in [-0.15, -0.1) is 0 Å². The maximum Gasteiger partial charge on any atom is 0.255 e. The highest BCUT2D eigenvalue weighted by Crippen LogP contribution is 2.17. The first-order valence-corrected chi connectivity index (χ1v) is 5.57. The third-order valence-electron chi connectivity index (χ3n) is 2.42. The summed E-state index contributed by atoms with van der Waals surface area (Å²) >= 11 is 0. The van der Waals surface area contributed by atoms with Crippen molar-refractivity contribution in [2.24, 2.45) is 5.73 Å². The fraction of sp³-hybridized carbons (Fsp3) is 0.417. The van der Waals surface area contributed by atoms with Crippen LogP contribution in [0.3, 0.4) is 0 Å². The van der Waals surface area contributed by atoms with Gasteiger partial charge in [-0.1, -0.05) is 0 Å². The second kappa shape index (κ2) is 6.93. The van der Waals surface area contributed by atoms with E-state index in [0.717, 1.165) is 18.2 Å². The van der Waals surface area contributed by atoms with E-state index in [9.17, 15) is 14.3 Å². The van der Waals surface area contributed by atoms with E-state index in [1.807, 2.05) is 0 Å². The van der Waals surface area contributed by atoms with Gasteiger partial charge in [0.15, 0.2) is 0 Å². The molecule has 0 aliphatic carbocycles. The van der Waals surface area contributed by atoms with E-state index in [1.54, 1.807) is 0 Å². The number of nitrogens with one attached hydrogen (secondary N) is 1. The van der Waals surface area contributed by atoms with Gasteiger partial charge in [-0.05, 0) is 31.2 Å². The number of hydrogen-bond acceptors (Lipinski definition) is 4. The Kier molecular flexibility index (Phi) is 5.54. The molecule has 0 aromatic heterocycles. The Morgan fingerprint density at radius 2 is 2.33 bits per heavy atom. The molecule has 0 heterocycles. The van der Waals surface area contributed by atoms with Gasteiger partial charge in [0.05, 0.1) is 18.2 Å². The highest BCUT2D eigenvalue weighted by molar-refractivity contribution is 5.96. The Morgan fingerprint density at radius 3 is 2.94 bits per heavy atom. The Bertz CT molecular complexity index is 406. The van der Waals surface area contributed by atoms with E-state index in [2.05, 4.69) is 5.32 Å². The van der Waals surface area contributed by atoms with Crippen LogP contribution in [0.1, 0.15) is 16.8 Å². The number of hydrogen-bond donors (Lipinski definition) is 3. The lowest BCUT2D eigenvalue weighted by Gasteiger charge is -2.17. The number of rotatable bonds is 6. The Hall–Kier alpha value is -1.66. The van der Waals surface area contributed by atoms with Crippen molar-refractivity contribution < 1.29 is 19.0 Å². The standard InChI is InChI=1S/C12H17FN2O3/c1-18-7-9(4-5-14)15-12(17)10-6-8(13)2-3-11(10)16/h2-3,6,9,16H,4-5,7,14H2,1H3,(H,15,17). The molecule has 1 atom stereocenters. The van der Waals surface area contributed by atoms with E-state index in [1.165, 1.54) is 7.11 Å². The molecule has 0 bridgehead atoms. The molecule has 1 unspecified atom stereocenters. The third-order valence-corrected chi connectivity index (χ3v) is 2.42. The number of halogens is 1. The molecule has 0 aliphatic heterocycles. The molecule has 5 nitrogen and oxygen atoms in total. The van der Waals surface area contributed by atoms with Crippen LogP contribution in [0.15, 0.2) is 18.2 Å². The first kappa shape index (κ1) is 14.4. The Balaban J connectivity index is 2.76. The largest absolute Gasteiger partial charge is 0.507 e. The van der Waals surface area contributed by atoms with Crippen LogP contribution in [0.5, 0.6) is 5.75 Å². The Morgan fingerprint density at radius 1 is 1.61 bits per heavy atom. The number of nitrogens with two attached hydrogens (primary N) is 1. The molecule has 100 valence electrons. The summed E-state index contributed by atoms with van der Waals surface area (Å²) in [7, 11) is 1.51. The van der Waals surface area contributed by atoms with Crippen LogP contribution in [0.2, 0.25) is 0 Å². The molecule has 1 aromatic carbocycles. The zero-order valence-electron chi connectivity index (χ0n) is 10.1. The molecule has 0 spiro atoms. The number of methoxy groups -OCH3 is 1. The number of carbonyl (C=O) groups is 1. The lowest BCUT2D eigenvalue weighted by Crippen LogP contribution is -2.39. The van der Waals surface area contributed by atoms with Crippen molar-refractivity contribution in [3.8, 4) is 5.75 Å². The molecule has 4 N–H and O–H groups in total. The minimum atomic E-state index is -0.583. The molecule has 0 saturated carbocycles. The van der Waals surface area contributed by atoms with Crippen molar-refractivity contribution in [2.45, 2.75) is 12.5 Å². The number of ether oxygens (including phenoxy) is 1. The molecule has 0 saturated heterocycles. The minimum absolute atomic E-state index is 0.104. The Labute approximate surface area is 105 Å². The monoisotopic (exact) mass is 256 g/mol. The van der Waals surface area contributed by atoms with Crippen molar-refractivity contribution in [3.05, 3.63) is 29.6 Å². The van der Waals surface area contributed by atoms with Gasteiger partial charge in [0.25, 0.3) is 5.91 Å². The first-order chi connectivity index (χ1) is 8.58. The molecular weight excluding hydrogens is 239 g/mol. The van der Waals surface area contributed by atoms with Gasteiger partial charge in [-0.3, -0.25) is 4.79 Å². The maximum atomic E-state index is 13.0. The third kappa shape index (κ3) is 3.97. The van der Waals surface area contributed by atoms with E-state index < -0.39 is 11.7 Å². The van der Waals surface area contributed by atoms with Crippen LogP contribution < -0.4 is 11.1 Å². The summed E-state index contributed by atoms with van der Waals surface area (Å²) < 4.78 is 17.9. The van der Waals surface area contributed by atoms with E-state index in [0.29, 0.717) is 19.6 Å². The van der Waals surface area contributed by atoms with Crippen molar-refractivity contribution in [2.75, 3.05) is 20.3 Å². The molecule has 6 heteroatoms. The molecule has 1 amide bonds. The van der Waals surface area contributed by atoms with Gasteiger partial charge in [0.1, 0.15) is 11.6 Å². The van der Waals surface area contributed by atoms with Crippen LogP contribution in [-0.4, -0.2) is 37.3 Å². The first-order valence-electron chi connectivity index (χ1n) is 5.57. The van der Waals surface area contributed by atoms with Crippen LogP contribution in [0.25, 0.3) is 0 Å². The number of amides is 1. The zero-order valence-corrected chi connectivity index (χ0v) is 10.1. The lowest BCUT2D eigenvalue weighted by molar-refractivity contribution is 0.0890. The van der Waals surface area contributed by atoms with Gasteiger partial charge >= 0.3 is 0 Å². The average molecular weight is 256 g/mol. The summed E-state index contributed by atoms with van der Waals surface area (Å²) in [5.41, 5.74) is 5.31. The van der Waals surface area contributed by atoms with Crippen LogP contribution in [-0.2, 0) is 4.74 Å². The second-order valence-corrected chi connectivity index (χ2v) is 3.86. The van der Waals surface area contributed by atoms with E-state index in [4.69, 9.17) is 10.5 Å². The minimum Gasteiger partial charge on any atom is -0.507 e. The molecule has 0 radical (unpaired) electrons. The highest BCUT2D eigenvalue weighted by atomic mass is 19.1. The summed E-state index contributed by atoms with van der Waals surface area (Å²) in [4.78, 5) is 11.8. The molecular formula is C12H17FN2O3. The summed E-state index contributed by atoms with van der Waals surface area (Å²) in [5, 5.41) is 12.1. The number of aromatic hydroxyl groups is 1. The summed E-state index contributed by atoms with van der Waals surface area (Å²) in [6.07, 6.45) is 0.537. The quantitative estimate of drug-likeness (QED) is 0.696. The molecule has 0 fully saturated rings. The van der Waals surface area contributed by atoms with Gasteiger partial charge in [-0.25, -0.2) is 4.39 Å². The number of phenols is 1. The number of benzene rings is 1. The lowest BCUT2D eigenvalue weighted by atomic mass is 10.1. The summed E-state index contributed by atoms with van der Waals surface area (Å²) in [6, 6.07) is 2.93. The van der Waals surface area contributed by atoms with Gasteiger partial charge in [0, 0.05) is 7.11 Å². The van der Waals surface area contributed by atoms with Crippen molar-refractivity contribution in [3.63, 3.8) is 0 Å². The number of carbonyl (C=O) groups excluding carboxylic acids is 1. The maximum absolute atomic E-state index is 13.0. The van der Waals surface area contributed by atoms with Crippen LogP contribution in [0, 0.1) is 5.82 Å². The molecule has 1 rings (SSSR count). The van der Waals surface area contributed by atoms with Crippen molar-refractivity contribution in [1.82, 2.24) is 5.32 Å².